The van der Waals surface area contributed by atoms with Crippen LogP contribution in [0.2, 0.25) is 0 Å². The number of rotatable bonds is 9. The molecule has 2 heterocycles. The number of benzene rings is 2. The number of nitrogens with one attached hydrogen (secondary N) is 2. The van der Waals surface area contributed by atoms with Gasteiger partial charge in [0.2, 0.25) is 5.91 Å². The van der Waals surface area contributed by atoms with E-state index in [1.54, 1.807) is 12.1 Å². The lowest BCUT2D eigenvalue weighted by Gasteiger charge is -2.36. The molecule has 2 aliphatic rings. The molecule has 0 spiro atoms. The largest absolute Gasteiger partial charge is 0.444 e. The molecule has 0 radical (unpaired) electrons. The number of halogens is 1. The Labute approximate surface area is 258 Å². The first-order valence-corrected chi connectivity index (χ1v) is 15.0. The molecule has 1 atom stereocenters. The Morgan fingerprint density at radius 3 is 2.57 bits per heavy atom. The van der Waals surface area contributed by atoms with Crippen LogP contribution in [0.3, 0.4) is 0 Å². The number of anilines is 2. The van der Waals surface area contributed by atoms with Crippen molar-refractivity contribution in [1.82, 2.24) is 15.5 Å². The van der Waals surface area contributed by atoms with E-state index in [2.05, 4.69) is 27.4 Å². The lowest BCUT2D eigenvalue weighted by Crippen LogP contribution is -2.46. The van der Waals surface area contributed by atoms with E-state index < -0.39 is 23.9 Å². The van der Waals surface area contributed by atoms with Gasteiger partial charge in [0.05, 0.1) is 24.5 Å². The van der Waals surface area contributed by atoms with E-state index in [1.165, 1.54) is 17.9 Å². The highest BCUT2D eigenvalue weighted by Gasteiger charge is 2.33. The average molecular weight is 608 g/mol. The minimum Gasteiger partial charge on any atom is -0.444 e. The summed E-state index contributed by atoms with van der Waals surface area (Å²) in [5.74, 6) is 5.88. The molecule has 0 aliphatic carbocycles. The Morgan fingerprint density at radius 2 is 1.86 bits per heavy atom. The molecule has 0 saturated carbocycles. The average Bonchev–Trinajstić information content (AvgIpc) is 3.35. The maximum Gasteiger partial charge on any atom is 0.414 e. The molecule has 2 N–H and O–H groups in total. The van der Waals surface area contributed by atoms with Gasteiger partial charge in [0.25, 0.3) is 0 Å². The second-order valence-electron chi connectivity index (χ2n) is 12.0. The molecule has 4 rings (SSSR count). The van der Waals surface area contributed by atoms with E-state index in [-0.39, 0.29) is 24.8 Å². The molecule has 2 aromatic carbocycles. The third-order valence-corrected chi connectivity index (χ3v) is 7.18. The summed E-state index contributed by atoms with van der Waals surface area (Å²) in [7, 11) is 0. The molecule has 0 aromatic heterocycles. The predicted octanol–water partition coefficient (Wildman–Crippen LogP) is 4.27. The number of ether oxygens (including phenoxy) is 2. The monoisotopic (exact) mass is 607 g/mol. The maximum absolute atomic E-state index is 15.1. The third-order valence-electron chi connectivity index (χ3n) is 7.18. The van der Waals surface area contributed by atoms with Gasteiger partial charge in [-0.3, -0.25) is 14.6 Å². The van der Waals surface area contributed by atoms with Gasteiger partial charge in [0.15, 0.2) is 0 Å². The number of cyclic esters (lactones) is 1. The standard InChI is InChI=1S/C33H42FN5O5/c1-24(40)35-22-28-23-39(32(42)43-28)27-12-13-30(29(34)20-27)38-17-15-37(16-18-38)14-7-5-6-9-25-10-8-11-26(19-25)21-36-31(41)44-33(2,3)4/h8,10-13,19-20,28H,5,7,14-18,21-23H2,1-4H3,(H,35,40)(H,36,41)/t28-/m0/s1. The van der Waals surface area contributed by atoms with Gasteiger partial charge in [-0.05, 0) is 69.6 Å². The Morgan fingerprint density at radius 1 is 1.09 bits per heavy atom. The number of carbonyl (C=O) groups excluding carboxylic acids is 3. The van der Waals surface area contributed by atoms with Crippen LogP contribution < -0.4 is 20.4 Å². The predicted molar refractivity (Wildman–Crippen MR) is 167 cm³/mol. The van der Waals surface area contributed by atoms with Gasteiger partial charge >= 0.3 is 12.2 Å². The molecular formula is C33H42FN5O5. The third kappa shape index (κ3) is 9.88. The number of hydrogen-bond acceptors (Lipinski definition) is 7. The minimum absolute atomic E-state index is 0.200. The molecule has 44 heavy (non-hydrogen) atoms. The molecule has 2 saturated heterocycles. The Bertz CT molecular complexity index is 1390. The number of alkyl carbamates (subject to hydrolysis) is 1. The first kappa shape index (κ1) is 32.6. The second-order valence-corrected chi connectivity index (χ2v) is 12.0. The highest BCUT2D eigenvalue weighted by atomic mass is 19.1. The minimum atomic E-state index is -0.549. The fourth-order valence-electron chi connectivity index (χ4n) is 5.03. The molecule has 2 aromatic rings. The van der Waals surface area contributed by atoms with Crippen LogP contribution in [-0.2, 0) is 20.8 Å². The van der Waals surface area contributed by atoms with Crippen LogP contribution in [0.25, 0.3) is 0 Å². The zero-order valence-corrected chi connectivity index (χ0v) is 26.0. The molecule has 0 bridgehead atoms. The number of nitrogens with zero attached hydrogens (tertiary/aromatic N) is 3. The summed E-state index contributed by atoms with van der Waals surface area (Å²) in [6.45, 7) is 11.7. The van der Waals surface area contributed by atoms with Gasteiger partial charge in [-0.25, -0.2) is 14.0 Å². The molecule has 236 valence electrons. The number of amides is 3. The first-order chi connectivity index (χ1) is 21.0. The van der Waals surface area contributed by atoms with E-state index in [0.717, 1.165) is 43.6 Å². The van der Waals surface area contributed by atoms with Gasteiger partial charge in [-0.2, -0.15) is 0 Å². The first-order valence-electron chi connectivity index (χ1n) is 15.0. The summed E-state index contributed by atoms with van der Waals surface area (Å²) in [4.78, 5) is 41.1. The fourth-order valence-corrected chi connectivity index (χ4v) is 5.03. The van der Waals surface area contributed by atoms with Crippen LogP contribution in [-0.4, -0.2) is 80.5 Å². The highest BCUT2D eigenvalue weighted by molar-refractivity contribution is 5.90. The van der Waals surface area contributed by atoms with Crippen molar-refractivity contribution in [2.45, 2.75) is 58.8 Å². The summed E-state index contributed by atoms with van der Waals surface area (Å²) >= 11 is 0. The van der Waals surface area contributed by atoms with Crippen molar-refractivity contribution in [3.63, 3.8) is 0 Å². The van der Waals surface area contributed by atoms with Crippen molar-refractivity contribution in [1.29, 1.82) is 0 Å². The van der Waals surface area contributed by atoms with Crippen LogP contribution in [0.5, 0.6) is 0 Å². The summed E-state index contributed by atoms with van der Waals surface area (Å²) in [5.41, 5.74) is 2.28. The quantitative estimate of drug-likeness (QED) is 0.324. The van der Waals surface area contributed by atoms with Crippen molar-refractivity contribution in [2.75, 3.05) is 55.6 Å². The number of piperazine rings is 1. The zero-order valence-electron chi connectivity index (χ0n) is 26.0. The molecule has 2 fully saturated rings. The van der Waals surface area contributed by atoms with Crippen molar-refractivity contribution >= 4 is 29.5 Å². The normalized spacial score (nSPS) is 17.0. The van der Waals surface area contributed by atoms with E-state index in [9.17, 15) is 14.4 Å². The number of unbranched alkanes of at least 4 members (excludes halogenated alkanes) is 1. The van der Waals surface area contributed by atoms with Crippen molar-refractivity contribution in [2.24, 2.45) is 0 Å². The topological polar surface area (TPSA) is 103 Å². The molecule has 3 amide bonds. The second kappa shape index (κ2) is 14.9. The summed E-state index contributed by atoms with van der Waals surface area (Å²) in [5, 5.41) is 5.41. The maximum atomic E-state index is 15.1. The van der Waals surface area contributed by atoms with Crippen LogP contribution in [0, 0.1) is 17.7 Å². The van der Waals surface area contributed by atoms with Gasteiger partial charge in [0.1, 0.15) is 17.5 Å². The SMILES string of the molecule is CC(=O)NC[C@H]1CN(c2ccc(N3CCN(CCCC#Cc4cccc(CNC(=O)OC(C)(C)C)c4)CC3)c(F)c2)C(=O)O1. The molecule has 10 nitrogen and oxygen atoms in total. The van der Waals surface area contributed by atoms with Crippen molar-refractivity contribution in [3.05, 3.63) is 59.4 Å². The Hall–Kier alpha value is -4.30. The Kier molecular flexibility index (Phi) is 11.1. The Balaban J connectivity index is 1.18. The highest BCUT2D eigenvalue weighted by Crippen LogP contribution is 2.28. The zero-order chi connectivity index (χ0) is 31.7. The number of carbonyl (C=O) groups is 3. The van der Waals surface area contributed by atoms with Crippen molar-refractivity contribution in [3.8, 4) is 11.8 Å². The summed E-state index contributed by atoms with van der Waals surface area (Å²) in [6.07, 6.45) is 0.233. The van der Waals surface area contributed by atoms with E-state index in [4.69, 9.17) is 9.47 Å². The lowest BCUT2D eigenvalue weighted by atomic mass is 10.1. The van der Waals surface area contributed by atoms with Gasteiger partial charge in [-0.15, -0.1) is 0 Å². The number of hydrogen-bond donors (Lipinski definition) is 2. The van der Waals surface area contributed by atoms with Crippen LogP contribution in [0.15, 0.2) is 42.5 Å². The lowest BCUT2D eigenvalue weighted by molar-refractivity contribution is -0.119. The van der Waals surface area contributed by atoms with E-state index in [1.807, 2.05) is 49.9 Å². The van der Waals surface area contributed by atoms with Gasteiger partial charge < -0.3 is 25.0 Å². The molecular weight excluding hydrogens is 565 g/mol. The molecule has 0 unspecified atom stereocenters. The summed E-state index contributed by atoms with van der Waals surface area (Å²) < 4.78 is 25.7. The smallest absolute Gasteiger partial charge is 0.414 e. The van der Waals surface area contributed by atoms with E-state index in [0.29, 0.717) is 31.0 Å². The van der Waals surface area contributed by atoms with Gasteiger partial charge in [0, 0.05) is 51.6 Å². The fraction of sp³-hybridized carbons (Fsp3) is 0.485. The van der Waals surface area contributed by atoms with Gasteiger partial charge in [-0.1, -0.05) is 24.0 Å². The van der Waals surface area contributed by atoms with Crippen molar-refractivity contribution < 1.29 is 28.2 Å². The van der Waals surface area contributed by atoms with Crippen LogP contribution in [0.1, 0.15) is 51.7 Å². The molecule has 2 aliphatic heterocycles. The van der Waals surface area contributed by atoms with Crippen LogP contribution >= 0.6 is 0 Å². The summed E-state index contributed by atoms with van der Waals surface area (Å²) in [6, 6.07) is 12.6. The van der Waals surface area contributed by atoms with Crippen LogP contribution in [0.4, 0.5) is 25.4 Å². The molecule has 11 heteroatoms. The van der Waals surface area contributed by atoms with E-state index >= 15 is 4.39 Å².